The molecule has 0 unspecified atom stereocenters. The van der Waals surface area contributed by atoms with E-state index in [0.29, 0.717) is 11.4 Å². The summed E-state index contributed by atoms with van der Waals surface area (Å²) in [6, 6.07) is 9.09. The summed E-state index contributed by atoms with van der Waals surface area (Å²) in [5.41, 5.74) is 3.35. The van der Waals surface area contributed by atoms with Gasteiger partial charge in [0.1, 0.15) is 10.7 Å². The third kappa shape index (κ3) is 6.47. The molecule has 1 aromatic heterocycles. The van der Waals surface area contributed by atoms with Gasteiger partial charge in [-0.25, -0.2) is 0 Å². The summed E-state index contributed by atoms with van der Waals surface area (Å²) < 4.78 is 1.24. The van der Waals surface area contributed by atoms with Gasteiger partial charge in [0, 0.05) is 12.1 Å². The maximum atomic E-state index is 12.3. The average Bonchev–Trinajstić information content (AvgIpc) is 3.42. The van der Waals surface area contributed by atoms with Crippen LogP contribution in [-0.4, -0.2) is 16.0 Å². The van der Waals surface area contributed by atoms with E-state index in [1.165, 1.54) is 10.9 Å². The van der Waals surface area contributed by atoms with E-state index in [1.807, 2.05) is 76.0 Å². The topological polar surface area (TPSA) is 59.3 Å². The van der Waals surface area contributed by atoms with Gasteiger partial charge in [-0.2, -0.15) is 14.9 Å². The van der Waals surface area contributed by atoms with Crippen LogP contribution in [0.4, 0.5) is 5.69 Å². The van der Waals surface area contributed by atoms with Crippen LogP contribution in [-0.2, 0) is 17.1 Å². The van der Waals surface area contributed by atoms with E-state index in [4.69, 9.17) is 11.6 Å². The van der Waals surface area contributed by atoms with Gasteiger partial charge >= 0.3 is 17.1 Å². The Morgan fingerprint density at radius 2 is 1.57 bits per heavy atom. The molecule has 7 heteroatoms. The second-order valence-electron chi connectivity index (χ2n) is 5.48. The zero-order valence-electron chi connectivity index (χ0n) is 14.7. The smallest absolute Gasteiger partial charge is 0.275 e. The SMILES string of the molecule is O=c1c(Cl)c(N/N=C/[C]2[CH][CH][CH][CH]2)cnn1-c1ccccc1.[CH]1[CH][CH][CH][CH]1.[Fe+2]. The van der Waals surface area contributed by atoms with Crippen molar-refractivity contribution in [1.29, 1.82) is 0 Å². The van der Waals surface area contributed by atoms with Gasteiger partial charge in [-0.05, 0) is 69.9 Å². The van der Waals surface area contributed by atoms with Gasteiger partial charge in [-0.15, -0.1) is 0 Å². The van der Waals surface area contributed by atoms with Crippen molar-refractivity contribution in [1.82, 2.24) is 9.78 Å². The summed E-state index contributed by atoms with van der Waals surface area (Å²) >= 11 is 6.10. The minimum absolute atomic E-state index is 0. The maximum absolute atomic E-state index is 12.3. The first kappa shape index (κ1) is 22.7. The fourth-order valence-electron chi connectivity index (χ4n) is 2.24. The largest absolute Gasteiger partial charge is 2.00 e. The van der Waals surface area contributed by atoms with Gasteiger partial charge in [0.05, 0.1) is 11.9 Å². The molecule has 2 saturated carbocycles. The molecule has 140 valence electrons. The van der Waals surface area contributed by atoms with Gasteiger partial charge in [-0.3, -0.25) is 10.2 Å². The number of hydrogen-bond acceptors (Lipinski definition) is 4. The van der Waals surface area contributed by atoms with E-state index in [2.05, 4.69) is 15.6 Å². The number of para-hydroxylation sites is 1. The van der Waals surface area contributed by atoms with E-state index in [0.717, 1.165) is 5.92 Å². The van der Waals surface area contributed by atoms with Gasteiger partial charge in [0.15, 0.2) is 0 Å². The molecule has 1 N–H and O–H groups in total. The quantitative estimate of drug-likeness (QED) is 0.455. The van der Waals surface area contributed by atoms with Crippen molar-refractivity contribution in [2.45, 2.75) is 0 Å². The van der Waals surface area contributed by atoms with E-state index in [9.17, 15) is 4.79 Å². The molecule has 10 radical (unpaired) electrons. The third-order valence-corrected chi connectivity index (χ3v) is 3.93. The van der Waals surface area contributed by atoms with E-state index < -0.39 is 5.56 Å². The number of aromatic nitrogens is 2. The van der Waals surface area contributed by atoms with Crippen LogP contribution in [0.2, 0.25) is 5.02 Å². The summed E-state index contributed by atoms with van der Waals surface area (Å²) in [7, 11) is 0. The van der Waals surface area contributed by atoms with Crippen LogP contribution in [0.1, 0.15) is 0 Å². The molecule has 1 aromatic carbocycles. The zero-order chi connectivity index (χ0) is 18.9. The predicted octanol–water partition coefficient (Wildman–Crippen LogP) is 3.71. The number of nitrogens with one attached hydrogen (secondary N) is 1. The van der Waals surface area contributed by atoms with E-state index in [-0.39, 0.29) is 22.1 Å². The van der Waals surface area contributed by atoms with Gasteiger partial charge < -0.3 is 0 Å². The van der Waals surface area contributed by atoms with E-state index in [1.54, 1.807) is 18.3 Å². The Hall–Kier alpha value is -1.62. The number of rotatable bonds is 4. The second-order valence-corrected chi connectivity index (χ2v) is 5.85. The molecule has 2 aliphatic rings. The van der Waals surface area contributed by atoms with Crippen molar-refractivity contribution < 1.29 is 17.1 Å². The summed E-state index contributed by atoms with van der Waals surface area (Å²) in [6.07, 6.45) is 20.8. The Balaban J connectivity index is 0.000000408. The van der Waals surface area contributed by atoms with Crippen LogP contribution in [0.3, 0.4) is 0 Å². The molecule has 1 heterocycles. The minimum atomic E-state index is -0.402. The summed E-state index contributed by atoms with van der Waals surface area (Å²) in [6.45, 7) is 0. The average molecular weight is 433 g/mol. The Morgan fingerprint density at radius 3 is 2.18 bits per heavy atom. The van der Waals surface area contributed by atoms with Crippen LogP contribution < -0.4 is 11.0 Å². The molecule has 5 nitrogen and oxygen atoms in total. The standard InChI is InChI=1S/C16H12ClN4O.C5H5.Fe/c17-15-14(20-18-10-12-6-4-5-7-12)11-19-21(16(15)22)13-8-2-1-3-9-13;1-2-4-5-3-1;/h1-11,20H;1-5H;/q;;+2/b18-10+;;. The van der Waals surface area contributed by atoms with Crippen LogP contribution in [0.5, 0.6) is 0 Å². The van der Waals surface area contributed by atoms with Crippen LogP contribution in [0, 0.1) is 63.7 Å². The molecule has 2 aromatic rings. The zero-order valence-corrected chi connectivity index (χ0v) is 16.6. The summed E-state index contributed by atoms with van der Waals surface area (Å²) in [5.74, 6) is 0.953. The van der Waals surface area contributed by atoms with Crippen LogP contribution in [0.15, 0.2) is 46.4 Å². The third-order valence-electron chi connectivity index (χ3n) is 3.56. The normalized spacial score (nSPS) is 16.5. The molecule has 0 atom stereocenters. The fourth-order valence-corrected chi connectivity index (χ4v) is 2.41. The number of anilines is 1. The molecule has 0 saturated heterocycles. The Bertz CT molecular complexity index is 792. The fraction of sp³-hybridized carbons (Fsp3) is 0. The first-order chi connectivity index (χ1) is 13.3. The van der Waals surface area contributed by atoms with E-state index >= 15 is 0 Å². The number of nitrogens with zero attached hydrogens (tertiary/aromatic N) is 3. The monoisotopic (exact) mass is 432 g/mol. The predicted molar refractivity (Wildman–Crippen MR) is 109 cm³/mol. The molecule has 2 aliphatic carbocycles. The molecular weight excluding hydrogens is 416 g/mol. The van der Waals surface area contributed by atoms with Gasteiger partial charge in [-0.1, -0.05) is 29.8 Å². The Labute approximate surface area is 182 Å². The Kier molecular flexibility index (Phi) is 9.76. The molecule has 4 rings (SSSR count). The molecule has 0 amide bonds. The Morgan fingerprint density at radius 1 is 0.964 bits per heavy atom. The molecule has 0 spiro atoms. The van der Waals surface area contributed by atoms with Crippen molar-refractivity contribution in [2.24, 2.45) is 5.10 Å². The number of hydrazone groups is 1. The van der Waals surface area contributed by atoms with Crippen molar-refractivity contribution >= 4 is 23.5 Å². The van der Waals surface area contributed by atoms with Crippen LogP contribution >= 0.6 is 11.6 Å². The van der Waals surface area contributed by atoms with Crippen LogP contribution in [0.25, 0.3) is 5.69 Å². The second kappa shape index (κ2) is 12.1. The van der Waals surface area contributed by atoms with Crippen molar-refractivity contribution in [3.8, 4) is 5.69 Å². The van der Waals surface area contributed by atoms with Crippen molar-refractivity contribution in [3.05, 3.63) is 116 Å². The number of halogens is 1. The summed E-state index contributed by atoms with van der Waals surface area (Å²) in [5, 5.41) is 8.19. The van der Waals surface area contributed by atoms with Gasteiger partial charge in [0.25, 0.3) is 5.56 Å². The molecular formula is C21H17ClFeN4O+2. The number of benzene rings is 1. The molecule has 0 aliphatic heterocycles. The molecule has 28 heavy (non-hydrogen) atoms. The minimum Gasteiger partial charge on any atom is -0.275 e. The number of hydrogen-bond donors (Lipinski definition) is 1. The molecule has 0 bridgehead atoms. The molecule has 2 fully saturated rings. The van der Waals surface area contributed by atoms with Crippen molar-refractivity contribution in [3.63, 3.8) is 0 Å². The van der Waals surface area contributed by atoms with Crippen molar-refractivity contribution in [2.75, 3.05) is 5.43 Å². The van der Waals surface area contributed by atoms with Gasteiger partial charge in [0.2, 0.25) is 0 Å². The summed E-state index contributed by atoms with van der Waals surface area (Å²) in [4.78, 5) is 12.3. The first-order valence-electron chi connectivity index (χ1n) is 8.26. The first-order valence-corrected chi connectivity index (χ1v) is 8.64. The maximum Gasteiger partial charge on any atom is 2.00 e.